The minimum Gasteiger partial charge on any atom is -0.294 e. The second-order valence-electron chi connectivity index (χ2n) is 5.83. The number of carbonyl (C=O) groups is 1. The highest BCUT2D eigenvalue weighted by Crippen LogP contribution is 2.43. The van der Waals surface area contributed by atoms with Crippen LogP contribution in [0.5, 0.6) is 0 Å². The number of hydrogen-bond donors (Lipinski definition) is 0. The van der Waals surface area contributed by atoms with Crippen LogP contribution >= 0.6 is 0 Å². The minimum atomic E-state index is -0.571. The van der Waals surface area contributed by atoms with Gasteiger partial charge in [0.15, 0.2) is 5.78 Å². The zero-order valence-corrected chi connectivity index (χ0v) is 12.7. The molecule has 0 saturated carbocycles. The van der Waals surface area contributed by atoms with Crippen molar-refractivity contribution in [3.8, 4) is 6.07 Å². The molecule has 116 valence electrons. The van der Waals surface area contributed by atoms with E-state index in [0.717, 1.165) is 12.1 Å². The molecule has 1 unspecified atom stereocenters. The van der Waals surface area contributed by atoms with Crippen molar-refractivity contribution < 1.29 is 9.72 Å². The van der Waals surface area contributed by atoms with Crippen LogP contribution in [0, 0.1) is 27.4 Å². The molecule has 0 fully saturated rings. The third-order valence-electron chi connectivity index (χ3n) is 4.41. The summed E-state index contributed by atoms with van der Waals surface area (Å²) in [6.45, 7) is 1.78. The number of rotatable bonds is 2. The standard InChI is InChI=1S/C17H15N3O3/c1-10-13(9-18)16(11-4-2-5-12(8-11)20(22)23)17-14(19-10)6-3-7-15(17)21/h2,4-5,8,13,16H,3,6-7H2,1H3/t13?,16-/m1/s1. The fourth-order valence-electron chi connectivity index (χ4n) is 3.36. The predicted octanol–water partition coefficient (Wildman–Crippen LogP) is 3.30. The van der Waals surface area contributed by atoms with E-state index in [-0.39, 0.29) is 11.5 Å². The van der Waals surface area contributed by atoms with E-state index in [1.54, 1.807) is 19.1 Å². The lowest BCUT2D eigenvalue weighted by Crippen LogP contribution is -2.30. The van der Waals surface area contributed by atoms with E-state index in [2.05, 4.69) is 11.1 Å². The number of Topliss-reactive ketones (excluding diaryl/α,β-unsaturated/α-hetero) is 1. The smallest absolute Gasteiger partial charge is 0.269 e. The first-order valence-electron chi connectivity index (χ1n) is 7.48. The van der Waals surface area contributed by atoms with Crippen molar-refractivity contribution in [2.24, 2.45) is 10.9 Å². The second kappa shape index (κ2) is 5.76. The maximum Gasteiger partial charge on any atom is 0.269 e. The fraction of sp³-hybridized carbons (Fsp3) is 0.353. The molecule has 23 heavy (non-hydrogen) atoms. The Hall–Kier alpha value is -2.81. The van der Waals surface area contributed by atoms with E-state index < -0.39 is 16.8 Å². The number of aliphatic imine (C=N–C) groups is 1. The zero-order chi connectivity index (χ0) is 16.6. The molecular weight excluding hydrogens is 294 g/mol. The van der Waals surface area contributed by atoms with Crippen LogP contribution in [-0.4, -0.2) is 16.4 Å². The van der Waals surface area contributed by atoms with Gasteiger partial charge in [0.25, 0.3) is 5.69 Å². The highest BCUT2D eigenvalue weighted by molar-refractivity contribution is 6.02. The lowest BCUT2D eigenvalue weighted by atomic mass is 9.72. The van der Waals surface area contributed by atoms with Crippen molar-refractivity contribution in [3.63, 3.8) is 0 Å². The van der Waals surface area contributed by atoms with Gasteiger partial charge < -0.3 is 0 Å². The topological polar surface area (TPSA) is 96.4 Å². The average molecular weight is 309 g/mol. The largest absolute Gasteiger partial charge is 0.294 e. The lowest BCUT2D eigenvalue weighted by Gasteiger charge is -2.32. The average Bonchev–Trinajstić information content (AvgIpc) is 2.54. The second-order valence-corrected chi connectivity index (χ2v) is 5.83. The van der Waals surface area contributed by atoms with Gasteiger partial charge in [-0.25, -0.2) is 0 Å². The van der Waals surface area contributed by atoms with Crippen molar-refractivity contribution in [1.82, 2.24) is 0 Å². The van der Waals surface area contributed by atoms with Crippen molar-refractivity contribution in [2.75, 3.05) is 0 Å². The third kappa shape index (κ3) is 2.55. The van der Waals surface area contributed by atoms with Gasteiger partial charge in [-0.05, 0) is 25.3 Å². The van der Waals surface area contributed by atoms with Gasteiger partial charge in [-0.3, -0.25) is 19.9 Å². The molecule has 2 aliphatic rings. The Bertz CT molecular complexity index is 802. The van der Waals surface area contributed by atoms with Gasteiger partial charge in [-0.15, -0.1) is 0 Å². The van der Waals surface area contributed by atoms with Gasteiger partial charge in [0.2, 0.25) is 0 Å². The molecule has 3 rings (SSSR count). The molecule has 1 aliphatic heterocycles. The molecule has 0 spiro atoms. The summed E-state index contributed by atoms with van der Waals surface area (Å²) in [4.78, 5) is 27.5. The molecule has 0 N–H and O–H groups in total. The van der Waals surface area contributed by atoms with Gasteiger partial charge in [0.05, 0.1) is 16.9 Å². The molecule has 6 nitrogen and oxygen atoms in total. The first-order valence-corrected chi connectivity index (χ1v) is 7.48. The molecule has 1 aromatic carbocycles. The molecule has 1 heterocycles. The van der Waals surface area contributed by atoms with Crippen molar-refractivity contribution in [3.05, 3.63) is 51.2 Å². The van der Waals surface area contributed by atoms with Crippen LogP contribution < -0.4 is 0 Å². The number of nitro benzene ring substituents is 1. The molecule has 0 radical (unpaired) electrons. The summed E-state index contributed by atoms with van der Waals surface area (Å²) >= 11 is 0. The van der Waals surface area contributed by atoms with Crippen molar-refractivity contribution in [2.45, 2.75) is 32.1 Å². The number of nitro groups is 1. The molecule has 0 amide bonds. The summed E-state index contributed by atoms with van der Waals surface area (Å²) in [7, 11) is 0. The van der Waals surface area contributed by atoms with E-state index in [1.807, 2.05) is 0 Å². The number of allylic oxidation sites excluding steroid dienone is 2. The van der Waals surface area contributed by atoms with Crippen molar-refractivity contribution >= 4 is 17.2 Å². The molecule has 0 bridgehead atoms. The molecule has 1 aliphatic carbocycles. The van der Waals surface area contributed by atoms with Gasteiger partial charge in [-0.1, -0.05) is 12.1 Å². The van der Waals surface area contributed by atoms with E-state index >= 15 is 0 Å². The Morgan fingerprint density at radius 1 is 1.39 bits per heavy atom. The van der Waals surface area contributed by atoms with E-state index in [9.17, 15) is 20.2 Å². The monoisotopic (exact) mass is 309 g/mol. The number of ketones is 1. The summed E-state index contributed by atoms with van der Waals surface area (Å²) in [5, 5.41) is 20.6. The first kappa shape index (κ1) is 15.1. The van der Waals surface area contributed by atoms with Crippen LogP contribution in [0.1, 0.15) is 37.7 Å². The lowest BCUT2D eigenvalue weighted by molar-refractivity contribution is -0.384. The number of carbonyl (C=O) groups excluding carboxylic acids is 1. The van der Waals surface area contributed by atoms with Gasteiger partial charge >= 0.3 is 0 Å². The highest BCUT2D eigenvalue weighted by Gasteiger charge is 2.39. The van der Waals surface area contributed by atoms with Gasteiger partial charge in [0, 0.05) is 41.5 Å². The van der Waals surface area contributed by atoms with E-state index in [0.29, 0.717) is 29.7 Å². The van der Waals surface area contributed by atoms with Crippen LogP contribution in [0.2, 0.25) is 0 Å². The maximum absolute atomic E-state index is 12.4. The molecule has 0 aromatic heterocycles. The van der Waals surface area contributed by atoms with E-state index in [4.69, 9.17) is 0 Å². The quantitative estimate of drug-likeness (QED) is 0.618. The van der Waals surface area contributed by atoms with Crippen LogP contribution in [0.3, 0.4) is 0 Å². The predicted molar refractivity (Wildman–Crippen MR) is 83.9 cm³/mol. The molecule has 2 atom stereocenters. The normalized spacial score (nSPS) is 23.8. The molecule has 6 heteroatoms. The Kier molecular flexibility index (Phi) is 3.78. The Morgan fingerprint density at radius 2 is 2.17 bits per heavy atom. The number of non-ortho nitro benzene ring substituents is 1. The van der Waals surface area contributed by atoms with Crippen LogP contribution in [-0.2, 0) is 4.79 Å². The SMILES string of the molecule is CC1=NC2=C(C(=O)CCC2)[C@H](c2cccc([N+](=O)[O-])c2)C1C#N. The van der Waals surface area contributed by atoms with Gasteiger partial charge in [-0.2, -0.15) is 5.26 Å². The van der Waals surface area contributed by atoms with Crippen molar-refractivity contribution in [1.29, 1.82) is 5.26 Å². The Labute approximate surface area is 133 Å². The first-order chi connectivity index (χ1) is 11.0. The molecule has 0 saturated heterocycles. The molecular formula is C17H15N3O3. The molecule has 1 aromatic rings. The Morgan fingerprint density at radius 3 is 2.87 bits per heavy atom. The number of benzene rings is 1. The number of nitrogens with zero attached hydrogens (tertiary/aromatic N) is 3. The Balaban J connectivity index is 2.18. The number of nitriles is 1. The highest BCUT2D eigenvalue weighted by atomic mass is 16.6. The van der Waals surface area contributed by atoms with Crippen LogP contribution in [0.15, 0.2) is 40.5 Å². The fourth-order valence-corrected chi connectivity index (χ4v) is 3.36. The summed E-state index contributed by atoms with van der Waals surface area (Å²) < 4.78 is 0. The van der Waals surface area contributed by atoms with Crippen LogP contribution in [0.25, 0.3) is 0 Å². The zero-order valence-electron chi connectivity index (χ0n) is 12.7. The summed E-state index contributed by atoms with van der Waals surface area (Å²) in [6, 6.07) is 8.42. The maximum atomic E-state index is 12.4. The summed E-state index contributed by atoms with van der Waals surface area (Å²) in [5.74, 6) is -1.04. The number of hydrogen-bond acceptors (Lipinski definition) is 5. The van der Waals surface area contributed by atoms with Gasteiger partial charge in [0.1, 0.15) is 0 Å². The summed E-state index contributed by atoms with van der Waals surface area (Å²) in [6.07, 6.45) is 1.91. The third-order valence-corrected chi connectivity index (χ3v) is 4.41. The summed E-state index contributed by atoms with van der Waals surface area (Å²) in [5.41, 5.74) is 2.56. The minimum absolute atomic E-state index is 0.000689. The van der Waals surface area contributed by atoms with Crippen LogP contribution in [0.4, 0.5) is 5.69 Å². The van der Waals surface area contributed by atoms with E-state index in [1.165, 1.54) is 12.1 Å².